The smallest absolute Gasteiger partial charge is 0.303 e. The summed E-state index contributed by atoms with van der Waals surface area (Å²) in [6.45, 7) is 2.16. The zero-order chi connectivity index (χ0) is 16.3. The zero-order valence-electron chi connectivity index (χ0n) is 13.8. The first-order chi connectivity index (χ1) is 10.8. The van der Waals surface area contributed by atoms with Gasteiger partial charge in [0.2, 0.25) is 0 Å². The highest BCUT2D eigenvalue weighted by atomic mass is 16.4. The van der Waals surface area contributed by atoms with Gasteiger partial charge in [-0.25, -0.2) is 0 Å². The minimum Gasteiger partial charge on any atom is -0.481 e. The summed E-state index contributed by atoms with van der Waals surface area (Å²) in [6.07, 6.45) is 25.5. The van der Waals surface area contributed by atoms with Crippen molar-refractivity contribution in [2.45, 2.75) is 64.7 Å². The van der Waals surface area contributed by atoms with E-state index in [0.29, 0.717) is 6.42 Å². The first-order valence-corrected chi connectivity index (χ1v) is 8.33. The zero-order valence-corrected chi connectivity index (χ0v) is 13.8. The lowest BCUT2D eigenvalue weighted by molar-refractivity contribution is -0.136. The third-order valence-corrected chi connectivity index (χ3v) is 2.99. The minimum absolute atomic E-state index is 0.177. The maximum atomic E-state index is 10.3. The third-order valence-electron chi connectivity index (χ3n) is 2.99. The number of allylic oxidation sites excluding steroid dienone is 7. The summed E-state index contributed by atoms with van der Waals surface area (Å²) in [5.41, 5.74) is 2.99. The van der Waals surface area contributed by atoms with E-state index in [1.165, 1.54) is 25.7 Å². The van der Waals surface area contributed by atoms with E-state index in [0.717, 1.165) is 19.3 Å². The number of hydrogen-bond acceptors (Lipinski definition) is 1. The van der Waals surface area contributed by atoms with Gasteiger partial charge in [-0.3, -0.25) is 4.79 Å². The van der Waals surface area contributed by atoms with Gasteiger partial charge in [-0.05, 0) is 63.5 Å². The Morgan fingerprint density at radius 3 is 2.18 bits per heavy atom. The highest BCUT2D eigenvalue weighted by molar-refractivity contribution is 5.66. The Balaban J connectivity index is 3.46. The van der Waals surface area contributed by atoms with Gasteiger partial charge in [0.05, 0.1) is 0 Å². The molecule has 0 fully saturated rings. The van der Waals surface area contributed by atoms with Gasteiger partial charge in [0.25, 0.3) is 0 Å². The second-order valence-electron chi connectivity index (χ2n) is 5.09. The predicted octanol–water partition coefficient (Wildman–Crippen LogP) is 5.98. The average Bonchev–Trinajstić information content (AvgIpc) is 2.50. The van der Waals surface area contributed by atoms with Gasteiger partial charge in [-0.2, -0.15) is 0 Å². The number of carbonyl (C=O) groups is 1. The van der Waals surface area contributed by atoms with Crippen LogP contribution in [0.2, 0.25) is 0 Å². The van der Waals surface area contributed by atoms with Crippen LogP contribution in [-0.4, -0.2) is 11.1 Å². The molecule has 0 aromatic rings. The van der Waals surface area contributed by atoms with Crippen molar-refractivity contribution in [2.75, 3.05) is 0 Å². The third kappa shape index (κ3) is 18.2. The second kappa shape index (κ2) is 17.3. The largest absolute Gasteiger partial charge is 0.481 e. The highest BCUT2D eigenvalue weighted by Gasteiger charge is 1.90. The Labute approximate surface area is 135 Å². The van der Waals surface area contributed by atoms with Crippen LogP contribution in [-0.2, 0) is 4.79 Å². The van der Waals surface area contributed by atoms with E-state index < -0.39 is 5.97 Å². The van der Waals surface area contributed by atoms with E-state index in [4.69, 9.17) is 5.11 Å². The van der Waals surface area contributed by atoms with Crippen molar-refractivity contribution >= 4 is 5.97 Å². The molecule has 0 unspecified atom stereocenters. The van der Waals surface area contributed by atoms with Crippen molar-refractivity contribution in [3.63, 3.8) is 0 Å². The van der Waals surface area contributed by atoms with Crippen molar-refractivity contribution in [2.24, 2.45) is 0 Å². The molecule has 0 aromatic carbocycles. The molecule has 122 valence electrons. The molecule has 22 heavy (non-hydrogen) atoms. The number of unbranched alkanes of at least 4 members (excludes halogenated alkanes) is 3. The van der Waals surface area contributed by atoms with Crippen LogP contribution in [0.5, 0.6) is 0 Å². The molecule has 0 rings (SSSR count). The summed E-state index contributed by atoms with van der Waals surface area (Å²) in [5, 5.41) is 8.46. The standard InChI is InChI=1S/C20H30O2/c1-2-3-4-5-6-7-8-9-10-11-12-13-14-15-16-17-18-19-20(21)22/h3-4,9-10,12-13,15,17H,2,5-8,11,14,18-19H2,1H3,(H,21,22)/b4-3+,10-9+,13-12+. The van der Waals surface area contributed by atoms with Gasteiger partial charge in [0.1, 0.15) is 0 Å². The Morgan fingerprint density at radius 2 is 1.50 bits per heavy atom. The number of aliphatic carboxylic acids is 1. The van der Waals surface area contributed by atoms with Gasteiger partial charge in [0.15, 0.2) is 0 Å². The summed E-state index contributed by atoms with van der Waals surface area (Å²) >= 11 is 0. The first-order valence-electron chi connectivity index (χ1n) is 8.33. The second-order valence-corrected chi connectivity index (χ2v) is 5.09. The molecule has 2 heteroatoms. The monoisotopic (exact) mass is 302 g/mol. The van der Waals surface area contributed by atoms with Crippen LogP contribution in [0.15, 0.2) is 54.3 Å². The molecular weight excluding hydrogens is 272 g/mol. The van der Waals surface area contributed by atoms with Crippen molar-refractivity contribution in [1.29, 1.82) is 0 Å². The minimum atomic E-state index is -0.762. The fourth-order valence-electron chi connectivity index (χ4n) is 1.79. The van der Waals surface area contributed by atoms with Crippen molar-refractivity contribution in [1.82, 2.24) is 0 Å². The van der Waals surface area contributed by atoms with Gasteiger partial charge in [-0.15, -0.1) is 5.73 Å². The summed E-state index contributed by atoms with van der Waals surface area (Å²) in [6, 6.07) is 0. The summed E-state index contributed by atoms with van der Waals surface area (Å²) in [4.78, 5) is 10.3. The number of carboxylic acid groups (broad SMARTS) is 1. The fraction of sp³-hybridized carbons (Fsp3) is 0.500. The quantitative estimate of drug-likeness (QED) is 0.258. The topological polar surface area (TPSA) is 37.3 Å². The van der Waals surface area contributed by atoms with Crippen LogP contribution < -0.4 is 0 Å². The van der Waals surface area contributed by atoms with Gasteiger partial charge in [-0.1, -0.05) is 43.4 Å². The molecule has 0 aliphatic carbocycles. The molecule has 0 saturated carbocycles. The van der Waals surface area contributed by atoms with E-state index in [-0.39, 0.29) is 6.42 Å². The van der Waals surface area contributed by atoms with E-state index in [1.54, 1.807) is 6.08 Å². The molecule has 0 atom stereocenters. The van der Waals surface area contributed by atoms with Gasteiger partial charge < -0.3 is 5.11 Å². The van der Waals surface area contributed by atoms with E-state index in [2.05, 4.69) is 49.1 Å². The Morgan fingerprint density at radius 1 is 0.864 bits per heavy atom. The van der Waals surface area contributed by atoms with Crippen molar-refractivity contribution < 1.29 is 9.90 Å². The van der Waals surface area contributed by atoms with E-state index in [1.807, 2.05) is 6.08 Å². The normalized spacial score (nSPS) is 11.3. The number of carboxylic acids is 1. The molecule has 0 aliphatic rings. The lowest BCUT2D eigenvalue weighted by Gasteiger charge is -1.92. The molecular formula is C20H30O2. The van der Waals surface area contributed by atoms with Crippen LogP contribution in [0, 0.1) is 0 Å². The van der Waals surface area contributed by atoms with E-state index >= 15 is 0 Å². The highest BCUT2D eigenvalue weighted by Crippen LogP contribution is 2.03. The van der Waals surface area contributed by atoms with Crippen LogP contribution in [0.4, 0.5) is 0 Å². The van der Waals surface area contributed by atoms with E-state index in [9.17, 15) is 4.79 Å². The molecule has 0 aromatic heterocycles. The molecule has 0 spiro atoms. The summed E-state index contributed by atoms with van der Waals surface area (Å²) < 4.78 is 0. The average molecular weight is 302 g/mol. The van der Waals surface area contributed by atoms with Gasteiger partial charge >= 0.3 is 5.97 Å². The van der Waals surface area contributed by atoms with Crippen LogP contribution in [0.1, 0.15) is 64.7 Å². The SMILES string of the molecule is CC/C=C/CCCC/C=C/C/C=C/CC=C=CCCC(=O)O. The Kier molecular flexibility index (Phi) is 15.9. The predicted molar refractivity (Wildman–Crippen MR) is 94.9 cm³/mol. The maximum Gasteiger partial charge on any atom is 0.303 e. The maximum absolute atomic E-state index is 10.3. The Bertz CT molecular complexity index is 407. The van der Waals surface area contributed by atoms with Crippen molar-refractivity contribution in [3.8, 4) is 0 Å². The molecule has 2 nitrogen and oxygen atoms in total. The molecule has 0 bridgehead atoms. The van der Waals surface area contributed by atoms with Gasteiger partial charge in [0, 0.05) is 6.42 Å². The number of rotatable bonds is 13. The molecule has 0 aliphatic heterocycles. The van der Waals surface area contributed by atoms with Crippen LogP contribution >= 0.6 is 0 Å². The number of hydrogen-bond donors (Lipinski definition) is 1. The van der Waals surface area contributed by atoms with Crippen LogP contribution in [0.25, 0.3) is 0 Å². The molecule has 0 heterocycles. The first kappa shape index (κ1) is 20.2. The summed E-state index contributed by atoms with van der Waals surface area (Å²) in [5.74, 6) is -0.762. The lowest BCUT2D eigenvalue weighted by Crippen LogP contribution is -1.91. The lowest BCUT2D eigenvalue weighted by atomic mass is 10.1. The van der Waals surface area contributed by atoms with Crippen molar-refractivity contribution in [3.05, 3.63) is 54.3 Å². The summed E-state index contributed by atoms with van der Waals surface area (Å²) in [7, 11) is 0. The van der Waals surface area contributed by atoms with Crippen LogP contribution in [0.3, 0.4) is 0 Å². The molecule has 0 radical (unpaired) electrons. The molecule has 1 N–H and O–H groups in total. The molecule has 0 saturated heterocycles. The fourth-order valence-corrected chi connectivity index (χ4v) is 1.79. The Hall–Kier alpha value is -1.79. The molecule has 0 amide bonds.